The quantitative estimate of drug-likeness (QED) is 0.825. The predicted octanol–water partition coefficient (Wildman–Crippen LogP) is 4.10. The summed E-state index contributed by atoms with van der Waals surface area (Å²) in [6.45, 7) is 5.78. The molecule has 2 atom stereocenters. The summed E-state index contributed by atoms with van der Waals surface area (Å²) in [6, 6.07) is 2.17. The van der Waals surface area contributed by atoms with Gasteiger partial charge in [0.1, 0.15) is 11.6 Å². The van der Waals surface area contributed by atoms with Crippen molar-refractivity contribution in [3.05, 3.63) is 34.9 Å². The first-order valence-electron chi connectivity index (χ1n) is 6.17. The van der Waals surface area contributed by atoms with E-state index in [1.807, 2.05) is 0 Å². The molecular weight excluding hydrogens is 220 g/mol. The number of nitrogens with two attached hydrogens (primary N) is 1. The third kappa shape index (κ3) is 3.50. The zero-order valence-electron chi connectivity index (χ0n) is 10.8. The van der Waals surface area contributed by atoms with Crippen LogP contribution < -0.4 is 5.73 Å². The Labute approximate surface area is 102 Å². The number of hydrogen-bond acceptors (Lipinski definition) is 1. The molecule has 0 spiro atoms. The SMILES string of the molecule is CCCC(C)CC(N)c1c(F)ccc(C)c1F. The molecule has 17 heavy (non-hydrogen) atoms. The van der Waals surface area contributed by atoms with E-state index in [0.29, 0.717) is 17.9 Å². The molecule has 0 heterocycles. The van der Waals surface area contributed by atoms with Crippen LogP contribution in [0.3, 0.4) is 0 Å². The Morgan fingerprint density at radius 3 is 2.53 bits per heavy atom. The Kier molecular flexibility index (Phi) is 5.06. The van der Waals surface area contributed by atoms with Crippen LogP contribution in [-0.2, 0) is 0 Å². The molecule has 96 valence electrons. The van der Waals surface area contributed by atoms with Gasteiger partial charge in [-0.25, -0.2) is 8.78 Å². The fraction of sp³-hybridized carbons (Fsp3) is 0.571. The normalized spacial score (nSPS) is 14.7. The van der Waals surface area contributed by atoms with E-state index >= 15 is 0 Å². The summed E-state index contributed by atoms with van der Waals surface area (Å²) >= 11 is 0. The first-order chi connectivity index (χ1) is 7.97. The summed E-state index contributed by atoms with van der Waals surface area (Å²) in [5, 5.41) is 0. The molecule has 0 aliphatic rings. The van der Waals surface area contributed by atoms with Crippen molar-refractivity contribution >= 4 is 0 Å². The van der Waals surface area contributed by atoms with E-state index in [4.69, 9.17) is 5.73 Å². The third-order valence-corrected chi connectivity index (χ3v) is 3.13. The molecule has 0 aliphatic heterocycles. The minimum atomic E-state index is -0.559. The minimum Gasteiger partial charge on any atom is -0.324 e. The molecule has 0 amide bonds. The molecule has 1 aromatic carbocycles. The third-order valence-electron chi connectivity index (χ3n) is 3.13. The Balaban J connectivity index is 2.88. The minimum absolute atomic E-state index is 0.0351. The van der Waals surface area contributed by atoms with E-state index in [0.717, 1.165) is 12.8 Å². The Hall–Kier alpha value is -0.960. The largest absolute Gasteiger partial charge is 0.324 e. The van der Waals surface area contributed by atoms with Crippen LogP contribution >= 0.6 is 0 Å². The van der Waals surface area contributed by atoms with Crippen molar-refractivity contribution in [1.29, 1.82) is 0 Å². The molecular formula is C14H21F2N. The average Bonchev–Trinajstić information content (AvgIpc) is 2.24. The lowest BCUT2D eigenvalue weighted by Gasteiger charge is -2.19. The summed E-state index contributed by atoms with van der Waals surface area (Å²) in [5.74, 6) is -0.653. The van der Waals surface area contributed by atoms with Gasteiger partial charge in [0.25, 0.3) is 0 Å². The second-order valence-electron chi connectivity index (χ2n) is 4.83. The highest BCUT2D eigenvalue weighted by Gasteiger charge is 2.19. The molecule has 0 aliphatic carbocycles. The van der Waals surface area contributed by atoms with E-state index < -0.39 is 17.7 Å². The maximum Gasteiger partial charge on any atom is 0.133 e. The number of benzene rings is 1. The molecule has 0 fully saturated rings. The van der Waals surface area contributed by atoms with Crippen molar-refractivity contribution in [2.75, 3.05) is 0 Å². The van der Waals surface area contributed by atoms with Gasteiger partial charge in [0, 0.05) is 11.6 Å². The second kappa shape index (κ2) is 6.10. The van der Waals surface area contributed by atoms with Crippen LogP contribution in [0.5, 0.6) is 0 Å². The van der Waals surface area contributed by atoms with E-state index in [9.17, 15) is 8.78 Å². The van der Waals surface area contributed by atoms with E-state index in [-0.39, 0.29) is 5.56 Å². The molecule has 2 unspecified atom stereocenters. The standard InChI is InChI=1S/C14H21F2N/c1-4-5-9(2)8-12(17)13-11(15)7-6-10(3)14(13)16/h6-7,9,12H,4-5,8,17H2,1-3H3. The summed E-state index contributed by atoms with van der Waals surface area (Å²) < 4.78 is 27.4. The highest BCUT2D eigenvalue weighted by Crippen LogP contribution is 2.27. The van der Waals surface area contributed by atoms with E-state index in [2.05, 4.69) is 13.8 Å². The molecule has 1 aromatic rings. The van der Waals surface area contributed by atoms with Crippen LogP contribution in [0.2, 0.25) is 0 Å². The monoisotopic (exact) mass is 241 g/mol. The molecule has 0 saturated heterocycles. The van der Waals surface area contributed by atoms with Crippen molar-refractivity contribution in [3.63, 3.8) is 0 Å². The fourth-order valence-corrected chi connectivity index (χ4v) is 2.18. The van der Waals surface area contributed by atoms with Gasteiger partial charge in [-0.05, 0) is 30.9 Å². The first-order valence-corrected chi connectivity index (χ1v) is 6.17. The van der Waals surface area contributed by atoms with Crippen molar-refractivity contribution < 1.29 is 8.78 Å². The molecule has 1 nitrogen and oxygen atoms in total. The lowest BCUT2D eigenvalue weighted by atomic mass is 9.92. The number of aryl methyl sites for hydroxylation is 1. The van der Waals surface area contributed by atoms with Crippen molar-refractivity contribution in [2.24, 2.45) is 11.7 Å². The van der Waals surface area contributed by atoms with Crippen LogP contribution in [0, 0.1) is 24.5 Å². The van der Waals surface area contributed by atoms with Gasteiger partial charge in [-0.1, -0.05) is 32.8 Å². The van der Waals surface area contributed by atoms with Crippen molar-refractivity contribution in [3.8, 4) is 0 Å². The van der Waals surface area contributed by atoms with Gasteiger partial charge in [-0.15, -0.1) is 0 Å². The first kappa shape index (κ1) is 14.1. The zero-order valence-corrected chi connectivity index (χ0v) is 10.8. The van der Waals surface area contributed by atoms with Crippen LogP contribution in [0.4, 0.5) is 8.78 Å². The van der Waals surface area contributed by atoms with Crippen LogP contribution in [0.15, 0.2) is 12.1 Å². The lowest BCUT2D eigenvalue weighted by Crippen LogP contribution is -2.18. The summed E-state index contributed by atoms with van der Waals surface area (Å²) in [6.07, 6.45) is 2.71. The predicted molar refractivity (Wildman–Crippen MR) is 66.7 cm³/mol. The average molecular weight is 241 g/mol. The van der Waals surface area contributed by atoms with Gasteiger partial charge in [0.05, 0.1) is 0 Å². The summed E-state index contributed by atoms with van der Waals surface area (Å²) in [7, 11) is 0. The Morgan fingerprint density at radius 1 is 1.29 bits per heavy atom. The number of hydrogen-bond donors (Lipinski definition) is 1. The Morgan fingerprint density at radius 2 is 1.94 bits per heavy atom. The smallest absolute Gasteiger partial charge is 0.133 e. The van der Waals surface area contributed by atoms with Crippen molar-refractivity contribution in [2.45, 2.75) is 46.1 Å². The second-order valence-corrected chi connectivity index (χ2v) is 4.83. The van der Waals surface area contributed by atoms with E-state index in [1.165, 1.54) is 12.1 Å². The highest BCUT2D eigenvalue weighted by molar-refractivity contribution is 5.29. The number of halogens is 2. The Bertz CT molecular complexity index is 377. The molecule has 1 rings (SSSR count). The van der Waals surface area contributed by atoms with Crippen LogP contribution in [0.1, 0.15) is 50.3 Å². The molecule has 2 N–H and O–H groups in total. The van der Waals surface area contributed by atoms with E-state index in [1.54, 1.807) is 6.92 Å². The van der Waals surface area contributed by atoms with Gasteiger partial charge in [0.15, 0.2) is 0 Å². The topological polar surface area (TPSA) is 26.0 Å². The molecule has 0 bridgehead atoms. The maximum atomic E-state index is 13.8. The maximum absolute atomic E-state index is 13.8. The van der Waals surface area contributed by atoms with Crippen molar-refractivity contribution in [1.82, 2.24) is 0 Å². The zero-order chi connectivity index (χ0) is 13.0. The van der Waals surface area contributed by atoms with Gasteiger partial charge >= 0.3 is 0 Å². The molecule has 0 saturated carbocycles. The van der Waals surface area contributed by atoms with Gasteiger partial charge in [0.2, 0.25) is 0 Å². The molecule has 0 radical (unpaired) electrons. The number of rotatable bonds is 5. The summed E-state index contributed by atoms with van der Waals surface area (Å²) in [4.78, 5) is 0. The van der Waals surface area contributed by atoms with Crippen LogP contribution in [0.25, 0.3) is 0 Å². The highest BCUT2D eigenvalue weighted by atomic mass is 19.1. The molecule has 3 heteroatoms. The van der Waals surface area contributed by atoms with Gasteiger partial charge in [-0.2, -0.15) is 0 Å². The van der Waals surface area contributed by atoms with Gasteiger partial charge in [-0.3, -0.25) is 0 Å². The lowest BCUT2D eigenvalue weighted by molar-refractivity contribution is 0.418. The van der Waals surface area contributed by atoms with Crippen LogP contribution in [-0.4, -0.2) is 0 Å². The van der Waals surface area contributed by atoms with Gasteiger partial charge < -0.3 is 5.73 Å². The summed E-state index contributed by atoms with van der Waals surface area (Å²) in [5.41, 5.74) is 6.40. The fourth-order valence-electron chi connectivity index (χ4n) is 2.18. The molecule has 0 aromatic heterocycles.